The highest BCUT2D eigenvalue weighted by Crippen LogP contribution is 2.25. The average molecular weight is 355 g/mol. The Hall–Kier alpha value is -1.16. The molecule has 7 nitrogen and oxygen atoms in total. The van der Waals surface area contributed by atoms with Crippen molar-refractivity contribution < 1.29 is 23.1 Å². The van der Waals surface area contributed by atoms with Gasteiger partial charge in [0.1, 0.15) is 10.8 Å². The highest BCUT2D eigenvalue weighted by molar-refractivity contribution is 7.91. The molecule has 0 radical (unpaired) electrons. The van der Waals surface area contributed by atoms with Crippen LogP contribution in [0.25, 0.3) is 0 Å². The van der Waals surface area contributed by atoms with Crippen molar-refractivity contribution in [2.24, 2.45) is 0 Å². The van der Waals surface area contributed by atoms with Gasteiger partial charge in [-0.25, -0.2) is 13.1 Å². The minimum Gasteiger partial charge on any atom is -0.480 e. The van der Waals surface area contributed by atoms with Gasteiger partial charge in [0.25, 0.3) is 10.0 Å². The fourth-order valence-electron chi connectivity index (χ4n) is 1.48. The van der Waals surface area contributed by atoms with Crippen LogP contribution in [0.3, 0.4) is 0 Å². The number of thiophene rings is 1. The molecule has 0 aliphatic carbocycles. The summed E-state index contributed by atoms with van der Waals surface area (Å²) < 4.78 is 26.3. The zero-order valence-corrected chi connectivity index (χ0v) is 13.8. The summed E-state index contributed by atoms with van der Waals surface area (Å²) >= 11 is 6.53. The number of nitrogens with zero attached hydrogens (tertiary/aromatic N) is 1. The van der Waals surface area contributed by atoms with Crippen molar-refractivity contribution in [1.29, 1.82) is 0 Å². The minimum atomic E-state index is -3.83. The van der Waals surface area contributed by atoms with E-state index in [2.05, 4.69) is 4.72 Å². The molecule has 2 N–H and O–H groups in total. The van der Waals surface area contributed by atoms with E-state index in [-0.39, 0.29) is 10.3 Å². The largest absolute Gasteiger partial charge is 0.480 e. The Morgan fingerprint density at radius 1 is 1.43 bits per heavy atom. The van der Waals surface area contributed by atoms with Crippen LogP contribution < -0.4 is 4.72 Å². The van der Waals surface area contributed by atoms with Crippen LogP contribution in [0.2, 0.25) is 4.34 Å². The normalized spacial score (nSPS) is 11.6. The van der Waals surface area contributed by atoms with E-state index in [4.69, 9.17) is 16.7 Å². The molecule has 0 saturated heterocycles. The zero-order chi connectivity index (χ0) is 16.2. The van der Waals surface area contributed by atoms with E-state index in [1.54, 1.807) is 13.8 Å². The molecule has 0 unspecified atom stereocenters. The van der Waals surface area contributed by atoms with Gasteiger partial charge < -0.3 is 10.0 Å². The van der Waals surface area contributed by atoms with Gasteiger partial charge in [-0.2, -0.15) is 0 Å². The molecule has 0 atom stereocenters. The van der Waals surface area contributed by atoms with Crippen molar-refractivity contribution in [2.75, 3.05) is 13.1 Å². The van der Waals surface area contributed by atoms with Crippen molar-refractivity contribution in [3.05, 3.63) is 16.5 Å². The van der Waals surface area contributed by atoms with E-state index in [9.17, 15) is 18.0 Å². The Kier molecular flexibility index (Phi) is 6.14. The maximum absolute atomic E-state index is 11.9. The van der Waals surface area contributed by atoms with Crippen molar-refractivity contribution in [3.8, 4) is 0 Å². The predicted molar refractivity (Wildman–Crippen MR) is 79.0 cm³/mol. The zero-order valence-electron chi connectivity index (χ0n) is 11.4. The molecule has 0 aliphatic rings. The molecule has 1 aromatic rings. The number of carbonyl (C=O) groups is 2. The topological polar surface area (TPSA) is 104 Å². The molecule has 1 aromatic heterocycles. The van der Waals surface area contributed by atoms with Crippen LogP contribution in [0.4, 0.5) is 0 Å². The van der Waals surface area contributed by atoms with Gasteiger partial charge in [-0.3, -0.25) is 9.59 Å². The van der Waals surface area contributed by atoms with E-state index in [0.29, 0.717) is 4.34 Å². The third-order valence-electron chi connectivity index (χ3n) is 2.48. The van der Waals surface area contributed by atoms with Gasteiger partial charge >= 0.3 is 5.97 Å². The number of halogens is 1. The number of hydrogen-bond acceptors (Lipinski definition) is 5. The van der Waals surface area contributed by atoms with E-state index in [1.165, 1.54) is 12.1 Å². The molecule has 0 saturated carbocycles. The molecule has 21 heavy (non-hydrogen) atoms. The Labute approximate surface area is 131 Å². The first kappa shape index (κ1) is 17.9. The SMILES string of the molecule is CC(C)N(CC(=O)O)C(=O)CNS(=O)(=O)c1ccc(Cl)s1. The first-order valence-electron chi connectivity index (χ1n) is 5.89. The second-order valence-electron chi connectivity index (χ2n) is 4.39. The lowest BCUT2D eigenvalue weighted by Crippen LogP contribution is -2.45. The van der Waals surface area contributed by atoms with Crippen LogP contribution >= 0.6 is 22.9 Å². The number of hydrogen-bond donors (Lipinski definition) is 2. The van der Waals surface area contributed by atoms with Crippen molar-refractivity contribution in [1.82, 2.24) is 9.62 Å². The van der Waals surface area contributed by atoms with E-state index in [1.807, 2.05) is 0 Å². The molecule has 0 aliphatic heterocycles. The number of carboxylic acid groups (broad SMARTS) is 1. The van der Waals surface area contributed by atoms with Gasteiger partial charge in [0.2, 0.25) is 5.91 Å². The van der Waals surface area contributed by atoms with Gasteiger partial charge in [-0.05, 0) is 26.0 Å². The summed E-state index contributed by atoms with van der Waals surface area (Å²) in [7, 11) is -3.83. The maximum atomic E-state index is 11.9. The number of nitrogens with one attached hydrogen (secondary N) is 1. The van der Waals surface area contributed by atoms with Crippen LogP contribution in [-0.2, 0) is 19.6 Å². The molecule has 0 bridgehead atoms. The van der Waals surface area contributed by atoms with Crippen LogP contribution in [0.15, 0.2) is 16.3 Å². The van der Waals surface area contributed by atoms with Crippen molar-refractivity contribution >= 4 is 44.8 Å². The molecular formula is C11H15ClN2O5S2. The summed E-state index contributed by atoms with van der Waals surface area (Å²) in [5.74, 6) is -1.77. The highest BCUT2D eigenvalue weighted by Gasteiger charge is 2.23. The monoisotopic (exact) mass is 354 g/mol. The molecule has 0 aromatic carbocycles. The van der Waals surface area contributed by atoms with Gasteiger partial charge in [-0.1, -0.05) is 11.6 Å². The number of carboxylic acids is 1. The first-order chi connectivity index (χ1) is 9.63. The number of carbonyl (C=O) groups excluding carboxylic acids is 1. The van der Waals surface area contributed by atoms with Crippen LogP contribution in [-0.4, -0.2) is 49.4 Å². The third kappa shape index (κ3) is 5.27. The standard InChI is InChI=1S/C11H15ClN2O5S2/c1-7(2)14(6-10(16)17)9(15)5-13-21(18,19)11-4-3-8(12)20-11/h3-4,7,13H,5-6H2,1-2H3,(H,16,17). The molecular weight excluding hydrogens is 340 g/mol. The summed E-state index contributed by atoms with van der Waals surface area (Å²) in [4.78, 5) is 23.7. The third-order valence-corrected chi connectivity index (χ3v) is 5.60. The van der Waals surface area contributed by atoms with Gasteiger partial charge in [0.05, 0.1) is 10.9 Å². The number of sulfonamides is 1. The summed E-state index contributed by atoms with van der Waals surface area (Å²) in [6.07, 6.45) is 0. The molecule has 0 spiro atoms. The molecule has 0 fully saturated rings. The summed E-state index contributed by atoms with van der Waals surface area (Å²) in [6.45, 7) is 2.30. The molecule has 118 valence electrons. The molecule has 1 heterocycles. The number of amides is 1. The van der Waals surface area contributed by atoms with Crippen molar-refractivity contribution in [3.63, 3.8) is 0 Å². The molecule has 1 rings (SSSR count). The van der Waals surface area contributed by atoms with Crippen LogP contribution in [0, 0.1) is 0 Å². The maximum Gasteiger partial charge on any atom is 0.323 e. The van der Waals surface area contributed by atoms with E-state index >= 15 is 0 Å². The quantitative estimate of drug-likeness (QED) is 0.760. The average Bonchev–Trinajstić information content (AvgIpc) is 2.80. The van der Waals surface area contributed by atoms with Gasteiger partial charge in [0, 0.05) is 6.04 Å². The summed E-state index contributed by atoms with van der Waals surface area (Å²) in [5, 5.41) is 8.74. The van der Waals surface area contributed by atoms with Gasteiger partial charge in [0.15, 0.2) is 0 Å². The number of rotatable bonds is 7. The number of aliphatic carboxylic acids is 1. The molecule has 1 amide bonds. The Balaban J connectivity index is 2.72. The predicted octanol–water partition coefficient (Wildman–Crippen LogP) is 1.00. The van der Waals surface area contributed by atoms with Crippen LogP contribution in [0.5, 0.6) is 0 Å². The lowest BCUT2D eigenvalue weighted by atomic mass is 10.3. The lowest BCUT2D eigenvalue weighted by molar-refractivity contribution is -0.145. The minimum absolute atomic E-state index is 0.00497. The smallest absolute Gasteiger partial charge is 0.323 e. The second-order valence-corrected chi connectivity index (χ2v) is 8.10. The Bertz CT molecular complexity index is 626. The Morgan fingerprint density at radius 2 is 2.05 bits per heavy atom. The fraction of sp³-hybridized carbons (Fsp3) is 0.455. The fourth-order valence-corrected chi connectivity index (χ4v) is 3.98. The van der Waals surface area contributed by atoms with Crippen LogP contribution in [0.1, 0.15) is 13.8 Å². The lowest BCUT2D eigenvalue weighted by Gasteiger charge is -2.24. The highest BCUT2D eigenvalue weighted by atomic mass is 35.5. The van der Waals surface area contributed by atoms with Gasteiger partial charge in [-0.15, -0.1) is 11.3 Å². The van der Waals surface area contributed by atoms with E-state index < -0.39 is 35.0 Å². The van der Waals surface area contributed by atoms with Crippen molar-refractivity contribution in [2.45, 2.75) is 24.1 Å². The Morgan fingerprint density at radius 3 is 2.48 bits per heavy atom. The summed E-state index contributed by atoms with van der Waals surface area (Å²) in [6, 6.07) is 2.42. The summed E-state index contributed by atoms with van der Waals surface area (Å²) in [5.41, 5.74) is 0. The van der Waals surface area contributed by atoms with E-state index in [0.717, 1.165) is 16.2 Å². The first-order valence-corrected chi connectivity index (χ1v) is 8.57. The molecule has 10 heteroatoms. The second kappa shape index (κ2) is 7.21.